The van der Waals surface area contributed by atoms with Crippen LogP contribution in [0.1, 0.15) is 35.2 Å². The Kier molecular flexibility index (Phi) is 3.17. The van der Waals surface area contributed by atoms with E-state index in [1.165, 1.54) is 18.2 Å². The number of carbonyl (C=O) groups is 1. The molecule has 86 valence electrons. The summed E-state index contributed by atoms with van der Waals surface area (Å²) in [6, 6.07) is 3.99. The molecule has 0 spiro atoms. The van der Waals surface area contributed by atoms with Crippen LogP contribution >= 0.6 is 0 Å². The molecule has 16 heavy (non-hydrogen) atoms. The third-order valence-electron chi connectivity index (χ3n) is 2.58. The lowest BCUT2D eigenvalue weighted by atomic mass is 10.1. The van der Waals surface area contributed by atoms with E-state index in [9.17, 15) is 13.6 Å². The minimum atomic E-state index is -2.57. The molecule has 0 N–H and O–H groups in total. The van der Waals surface area contributed by atoms with Crippen molar-refractivity contribution in [1.82, 2.24) is 0 Å². The third-order valence-corrected chi connectivity index (χ3v) is 2.58. The van der Waals surface area contributed by atoms with Crippen LogP contribution in [0, 0.1) is 5.92 Å². The van der Waals surface area contributed by atoms with Gasteiger partial charge in [-0.2, -0.15) is 0 Å². The number of carbonyl (C=O) groups excluding carboxylic acids is 1. The van der Waals surface area contributed by atoms with Gasteiger partial charge in [0.05, 0.1) is 12.2 Å². The minimum absolute atomic E-state index is 0.131. The molecule has 0 heterocycles. The first-order valence-corrected chi connectivity index (χ1v) is 5.21. The van der Waals surface area contributed by atoms with Crippen LogP contribution < -0.4 is 4.74 Å². The van der Waals surface area contributed by atoms with Gasteiger partial charge in [0.15, 0.2) is 0 Å². The van der Waals surface area contributed by atoms with Crippen LogP contribution in [0.5, 0.6) is 5.75 Å². The molecule has 1 fully saturated rings. The maximum atomic E-state index is 12.6. The molecule has 1 saturated carbocycles. The normalized spacial score (nSPS) is 15.2. The van der Waals surface area contributed by atoms with Gasteiger partial charge in [-0.25, -0.2) is 8.78 Å². The van der Waals surface area contributed by atoms with E-state index in [0.717, 1.165) is 12.8 Å². The number of ether oxygens (including phenoxy) is 1. The van der Waals surface area contributed by atoms with Gasteiger partial charge in [-0.1, -0.05) is 6.07 Å². The van der Waals surface area contributed by atoms with Crippen molar-refractivity contribution in [3.63, 3.8) is 0 Å². The SMILES string of the molecule is O=Cc1ccc(C(F)F)c(OCC2CC2)c1. The lowest BCUT2D eigenvalue weighted by Gasteiger charge is -2.11. The van der Waals surface area contributed by atoms with Gasteiger partial charge in [0.2, 0.25) is 0 Å². The Balaban J connectivity index is 2.18. The summed E-state index contributed by atoms with van der Waals surface area (Å²) in [6.07, 6.45) is 0.239. The average molecular weight is 226 g/mol. The molecule has 0 radical (unpaired) electrons. The molecule has 4 heteroatoms. The van der Waals surface area contributed by atoms with Crippen LogP contribution in [0.25, 0.3) is 0 Å². The standard InChI is InChI=1S/C12H12F2O2/c13-12(14)10-4-3-9(6-15)5-11(10)16-7-8-1-2-8/h3-6,8,12H,1-2,7H2. The van der Waals surface area contributed by atoms with Gasteiger partial charge >= 0.3 is 0 Å². The topological polar surface area (TPSA) is 26.3 Å². The van der Waals surface area contributed by atoms with Gasteiger partial charge in [-0.05, 0) is 30.9 Å². The van der Waals surface area contributed by atoms with Crippen molar-refractivity contribution in [1.29, 1.82) is 0 Å². The number of hydrogen-bond donors (Lipinski definition) is 0. The molecule has 0 aromatic heterocycles. The van der Waals surface area contributed by atoms with Crippen molar-refractivity contribution in [2.24, 2.45) is 5.92 Å². The molecule has 2 rings (SSSR count). The second-order valence-electron chi connectivity index (χ2n) is 3.97. The van der Waals surface area contributed by atoms with E-state index in [0.29, 0.717) is 24.4 Å². The summed E-state index contributed by atoms with van der Waals surface area (Å²) < 4.78 is 30.6. The number of aldehydes is 1. The van der Waals surface area contributed by atoms with E-state index >= 15 is 0 Å². The van der Waals surface area contributed by atoms with Gasteiger partial charge < -0.3 is 4.74 Å². The zero-order chi connectivity index (χ0) is 11.5. The number of rotatable bonds is 5. The highest BCUT2D eigenvalue weighted by Gasteiger charge is 2.23. The predicted molar refractivity (Wildman–Crippen MR) is 55.0 cm³/mol. The second kappa shape index (κ2) is 4.60. The maximum absolute atomic E-state index is 12.6. The van der Waals surface area contributed by atoms with Crippen LogP contribution in [-0.4, -0.2) is 12.9 Å². The van der Waals surface area contributed by atoms with Crippen LogP contribution in [-0.2, 0) is 0 Å². The predicted octanol–water partition coefficient (Wildman–Crippen LogP) is 3.23. The van der Waals surface area contributed by atoms with Crippen LogP contribution in [0.2, 0.25) is 0 Å². The smallest absolute Gasteiger partial charge is 0.267 e. The fourth-order valence-corrected chi connectivity index (χ4v) is 1.42. The molecule has 1 aromatic rings. The first-order chi connectivity index (χ1) is 7.70. The minimum Gasteiger partial charge on any atom is -0.493 e. The van der Waals surface area contributed by atoms with E-state index in [4.69, 9.17) is 4.74 Å². The van der Waals surface area contributed by atoms with Crippen LogP contribution in [0.3, 0.4) is 0 Å². The van der Waals surface area contributed by atoms with E-state index in [2.05, 4.69) is 0 Å². The monoisotopic (exact) mass is 226 g/mol. The number of alkyl halides is 2. The largest absolute Gasteiger partial charge is 0.493 e. The average Bonchev–Trinajstić information content (AvgIpc) is 3.09. The summed E-state index contributed by atoms with van der Waals surface area (Å²) in [5.74, 6) is 0.622. The molecule has 1 aromatic carbocycles. The summed E-state index contributed by atoms with van der Waals surface area (Å²) in [5.41, 5.74) is 0.210. The zero-order valence-corrected chi connectivity index (χ0v) is 8.66. The first kappa shape index (κ1) is 11.0. The molecule has 1 aliphatic carbocycles. The Labute approximate surface area is 92.2 Å². The Morgan fingerprint density at radius 2 is 2.19 bits per heavy atom. The summed E-state index contributed by atoms with van der Waals surface area (Å²) in [5, 5.41) is 0. The highest BCUT2D eigenvalue weighted by molar-refractivity contribution is 5.75. The number of hydrogen-bond acceptors (Lipinski definition) is 2. The fraction of sp³-hybridized carbons (Fsp3) is 0.417. The van der Waals surface area contributed by atoms with Gasteiger partial charge in [0.1, 0.15) is 12.0 Å². The summed E-state index contributed by atoms with van der Waals surface area (Å²) in [4.78, 5) is 10.5. The molecule has 0 unspecified atom stereocenters. The van der Waals surface area contributed by atoms with Crippen molar-refractivity contribution in [3.8, 4) is 5.75 Å². The lowest BCUT2D eigenvalue weighted by Crippen LogP contribution is -2.02. The summed E-state index contributed by atoms with van der Waals surface area (Å²) in [7, 11) is 0. The molecule has 0 aliphatic heterocycles. The summed E-state index contributed by atoms with van der Waals surface area (Å²) in [6.45, 7) is 0.460. The molecule has 0 atom stereocenters. The molecular formula is C12H12F2O2. The highest BCUT2D eigenvalue weighted by Crippen LogP contribution is 2.33. The Morgan fingerprint density at radius 3 is 2.75 bits per heavy atom. The summed E-state index contributed by atoms with van der Waals surface area (Å²) >= 11 is 0. The number of benzene rings is 1. The Bertz CT molecular complexity index is 387. The van der Waals surface area contributed by atoms with E-state index in [1.54, 1.807) is 0 Å². The van der Waals surface area contributed by atoms with Gasteiger partial charge in [-0.15, -0.1) is 0 Å². The maximum Gasteiger partial charge on any atom is 0.267 e. The van der Waals surface area contributed by atoms with Crippen molar-refractivity contribution in [2.75, 3.05) is 6.61 Å². The van der Waals surface area contributed by atoms with Gasteiger partial charge in [0.25, 0.3) is 6.43 Å². The third kappa shape index (κ3) is 2.56. The molecule has 0 bridgehead atoms. The molecular weight excluding hydrogens is 214 g/mol. The van der Waals surface area contributed by atoms with E-state index < -0.39 is 6.43 Å². The molecule has 0 amide bonds. The number of halogens is 2. The fourth-order valence-electron chi connectivity index (χ4n) is 1.42. The first-order valence-electron chi connectivity index (χ1n) is 5.21. The van der Waals surface area contributed by atoms with Crippen molar-refractivity contribution >= 4 is 6.29 Å². The van der Waals surface area contributed by atoms with Crippen molar-refractivity contribution in [2.45, 2.75) is 19.3 Å². The van der Waals surface area contributed by atoms with Crippen molar-refractivity contribution < 1.29 is 18.3 Å². The highest BCUT2D eigenvalue weighted by atomic mass is 19.3. The van der Waals surface area contributed by atoms with Gasteiger partial charge in [-0.3, -0.25) is 4.79 Å². The quantitative estimate of drug-likeness (QED) is 0.720. The van der Waals surface area contributed by atoms with Crippen LogP contribution in [0.4, 0.5) is 8.78 Å². The molecule has 1 aliphatic rings. The second-order valence-corrected chi connectivity index (χ2v) is 3.97. The van der Waals surface area contributed by atoms with Gasteiger partial charge in [0, 0.05) is 5.56 Å². The zero-order valence-electron chi connectivity index (χ0n) is 8.66. The Morgan fingerprint density at radius 1 is 1.44 bits per heavy atom. The van der Waals surface area contributed by atoms with E-state index in [1.807, 2.05) is 0 Å². The van der Waals surface area contributed by atoms with Crippen molar-refractivity contribution in [3.05, 3.63) is 29.3 Å². The lowest BCUT2D eigenvalue weighted by molar-refractivity contribution is 0.112. The Hall–Kier alpha value is -1.45. The van der Waals surface area contributed by atoms with Crippen LogP contribution in [0.15, 0.2) is 18.2 Å². The molecule has 0 saturated heterocycles. The van der Waals surface area contributed by atoms with E-state index in [-0.39, 0.29) is 11.3 Å². The molecule has 2 nitrogen and oxygen atoms in total.